The number of nitrogens with zero attached hydrogens (tertiary/aromatic N) is 2. The molecule has 5 nitrogen and oxygen atoms in total. The minimum atomic E-state index is 0.254. The number of benzene rings is 2. The Bertz CT molecular complexity index is 811. The zero-order chi connectivity index (χ0) is 18.5. The van der Waals surface area contributed by atoms with Gasteiger partial charge in [-0.2, -0.15) is 0 Å². The molecule has 136 valence electrons. The van der Waals surface area contributed by atoms with Crippen LogP contribution in [0.5, 0.6) is 0 Å². The number of aliphatic imine (C=N–C) groups is 1. The van der Waals surface area contributed by atoms with E-state index in [4.69, 9.17) is 5.73 Å². The highest BCUT2D eigenvalue weighted by Gasteiger charge is 2.19. The van der Waals surface area contributed by atoms with Crippen LogP contribution in [0.1, 0.15) is 35.1 Å². The summed E-state index contributed by atoms with van der Waals surface area (Å²) in [6.07, 6.45) is 1.65. The molecule has 1 heterocycles. The molecule has 0 radical (unpaired) electrons. The number of nitrogens with one attached hydrogen (secondary N) is 1. The highest BCUT2D eigenvalue weighted by molar-refractivity contribution is 5.92. The number of rotatable bonds is 5. The maximum Gasteiger partial charge on any atom is 0.222 e. The van der Waals surface area contributed by atoms with E-state index in [-0.39, 0.29) is 5.91 Å². The molecule has 3 rings (SSSR count). The highest BCUT2D eigenvalue weighted by Crippen LogP contribution is 2.16. The Balaban J connectivity index is 1.55. The third-order valence-corrected chi connectivity index (χ3v) is 4.78. The van der Waals surface area contributed by atoms with Crippen molar-refractivity contribution in [2.75, 3.05) is 11.9 Å². The van der Waals surface area contributed by atoms with E-state index < -0.39 is 0 Å². The van der Waals surface area contributed by atoms with Gasteiger partial charge in [0.15, 0.2) is 5.96 Å². The van der Waals surface area contributed by atoms with Gasteiger partial charge in [0, 0.05) is 25.2 Å². The van der Waals surface area contributed by atoms with Gasteiger partial charge in [-0.25, -0.2) is 4.99 Å². The molecule has 0 bridgehead atoms. The van der Waals surface area contributed by atoms with Gasteiger partial charge in [-0.3, -0.25) is 4.79 Å². The molecule has 5 heteroatoms. The molecule has 2 aromatic rings. The number of likely N-dealkylation sites (tertiary alicyclic amines) is 1. The van der Waals surface area contributed by atoms with E-state index in [9.17, 15) is 4.79 Å². The van der Waals surface area contributed by atoms with Gasteiger partial charge in [0.05, 0.1) is 6.54 Å². The highest BCUT2D eigenvalue weighted by atomic mass is 16.2. The lowest BCUT2D eigenvalue weighted by Crippen LogP contribution is -2.23. The Morgan fingerprint density at radius 2 is 1.85 bits per heavy atom. The first-order valence-corrected chi connectivity index (χ1v) is 9.01. The van der Waals surface area contributed by atoms with Crippen LogP contribution in [0.15, 0.2) is 47.5 Å². The molecule has 3 N–H and O–H groups in total. The van der Waals surface area contributed by atoms with Gasteiger partial charge in [-0.15, -0.1) is 0 Å². The summed E-state index contributed by atoms with van der Waals surface area (Å²) in [5.41, 5.74) is 11.6. The molecule has 0 aliphatic carbocycles. The van der Waals surface area contributed by atoms with Crippen molar-refractivity contribution in [3.63, 3.8) is 0 Å². The second kappa shape index (κ2) is 8.04. The molecule has 1 aliphatic heterocycles. The molecule has 26 heavy (non-hydrogen) atoms. The maximum atomic E-state index is 11.7. The van der Waals surface area contributed by atoms with E-state index in [1.54, 1.807) is 0 Å². The number of amides is 1. The summed E-state index contributed by atoms with van der Waals surface area (Å²) < 4.78 is 0. The Labute approximate surface area is 154 Å². The standard InChI is InChI=1S/C21H26N4O/c1-15-5-10-19(12-16(15)2)24-21(22)23-13-17-6-8-18(9-7-17)14-25-11-3-4-20(25)26/h5-10,12H,3-4,11,13-14H2,1-2H3,(H3,22,23,24). The molecular weight excluding hydrogens is 324 g/mol. The molecule has 0 unspecified atom stereocenters. The topological polar surface area (TPSA) is 70.7 Å². The summed E-state index contributed by atoms with van der Waals surface area (Å²) >= 11 is 0. The quantitative estimate of drug-likeness (QED) is 0.642. The number of hydrogen-bond acceptors (Lipinski definition) is 2. The predicted molar refractivity (Wildman–Crippen MR) is 106 cm³/mol. The van der Waals surface area contributed by atoms with Crippen LogP contribution < -0.4 is 11.1 Å². The minimum absolute atomic E-state index is 0.254. The summed E-state index contributed by atoms with van der Waals surface area (Å²) in [6, 6.07) is 14.3. The van der Waals surface area contributed by atoms with E-state index in [0.29, 0.717) is 25.5 Å². The van der Waals surface area contributed by atoms with Gasteiger partial charge < -0.3 is 16.0 Å². The smallest absolute Gasteiger partial charge is 0.222 e. The van der Waals surface area contributed by atoms with Crippen molar-refractivity contribution in [3.05, 3.63) is 64.7 Å². The largest absolute Gasteiger partial charge is 0.370 e. The normalized spacial score (nSPS) is 14.8. The van der Waals surface area contributed by atoms with Crippen molar-refractivity contribution in [1.29, 1.82) is 0 Å². The van der Waals surface area contributed by atoms with Crippen molar-refractivity contribution in [3.8, 4) is 0 Å². The van der Waals surface area contributed by atoms with Crippen LogP contribution in [0.3, 0.4) is 0 Å². The van der Waals surface area contributed by atoms with Crippen LogP contribution in [0.2, 0.25) is 0 Å². The third-order valence-electron chi connectivity index (χ3n) is 4.78. The van der Waals surface area contributed by atoms with Crippen LogP contribution >= 0.6 is 0 Å². The molecule has 1 fully saturated rings. The predicted octanol–water partition coefficient (Wildman–Crippen LogP) is 3.35. The first-order valence-electron chi connectivity index (χ1n) is 9.01. The van der Waals surface area contributed by atoms with Gasteiger partial charge in [-0.1, -0.05) is 30.3 Å². The van der Waals surface area contributed by atoms with Crippen molar-refractivity contribution in [2.45, 2.75) is 39.8 Å². The van der Waals surface area contributed by atoms with Crippen LogP contribution in [0, 0.1) is 13.8 Å². The zero-order valence-corrected chi connectivity index (χ0v) is 15.5. The van der Waals surface area contributed by atoms with Crippen molar-refractivity contribution in [2.24, 2.45) is 10.7 Å². The Kier molecular flexibility index (Phi) is 5.56. The van der Waals surface area contributed by atoms with Gasteiger partial charge >= 0.3 is 0 Å². The van der Waals surface area contributed by atoms with Crippen LogP contribution in [0.25, 0.3) is 0 Å². The summed E-state index contributed by atoms with van der Waals surface area (Å²) in [7, 11) is 0. The van der Waals surface area contributed by atoms with E-state index in [2.05, 4.69) is 48.4 Å². The maximum absolute atomic E-state index is 11.7. The molecule has 0 atom stereocenters. The second-order valence-corrected chi connectivity index (χ2v) is 6.86. The molecule has 2 aromatic carbocycles. The Hall–Kier alpha value is -2.82. The number of guanidine groups is 1. The van der Waals surface area contributed by atoms with E-state index in [1.165, 1.54) is 11.1 Å². The van der Waals surface area contributed by atoms with Crippen molar-refractivity contribution < 1.29 is 4.79 Å². The van der Waals surface area contributed by atoms with Crippen molar-refractivity contribution >= 4 is 17.6 Å². The van der Waals surface area contributed by atoms with E-state index in [0.717, 1.165) is 29.8 Å². The summed E-state index contributed by atoms with van der Waals surface area (Å²) in [5.74, 6) is 0.656. The monoisotopic (exact) mass is 350 g/mol. The Morgan fingerprint density at radius 1 is 1.12 bits per heavy atom. The summed E-state index contributed by atoms with van der Waals surface area (Å²) in [5, 5.41) is 3.13. The number of carbonyl (C=O) groups is 1. The molecule has 1 saturated heterocycles. The molecule has 1 amide bonds. The SMILES string of the molecule is Cc1ccc(NC(N)=NCc2ccc(CN3CCCC3=O)cc2)cc1C. The first-order chi connectivity index (χ1) is 12.5. The number of hydrogen-bond donors (Lipinski definition) is 2. The molecule has 0 saturated carbocycles. The zero-order valence-electron chi connectivity index (χ0n) is 15.5. The first kappa shape index (κ1) is 18.0. The van der Waals surface area contributed by atoms with Crippen LogP contribution in [0.4, 0.5) is 5.69 Å². The number of anilines is 1. The fourth-order valence-electron chi connectivity index (χ4n) is 3.02. The molecular formula is C21H26N4O. The lowest BCUT2D eigenvalue weighted by atomic mass is 10.1. The lowest BCUT2D eigenvalue weighted by Gasteiger charge is -2.15. The van der Waals surface area contributed by atoms with Crippen molar-refractivity contribution in [1.82, 2.24) is 4.90 Å². The van der Waals surface area contributed by atoms with Gasteiger partial charge in [0.1, 0.15) is 0 Å². The van der Waals surface area contributed by atoms with E-state index in [1.807, 2.05) is 23.1 Å². The second-order valence-electron chi connectivity index (χ2n) is 6.86. The fourth-order valence-corrected chi connectivity index (χ4v) is 3.02. The van der Waals surface area contributed by atoms with E-state index >= 15 is 0 Å². The van der Waals surface area contributed by atoms with Gasteiger partial charge in [-0.05, 0) is 54.7 Å². The minimum Gasteiger partial charge on any atom is -0.370 e. The molecule has 0 spiro atoms. The average molecular weight is 350 g/mol. The number of aryl methyl sites for hydroxylation is 2. The van der Waals surface area contributed by atoms with Crippen LogP contribution in [-0.2, 0) is 17.9 Å². The molecule has 1 aliphatic rings. The lowest BCUT2D eigenvalue weighted by molar-refractivity contribution is -0.128. The Morgan fingerprint density at radius 3 is 2.50 bits per heavy atom. The summed E-state index contributed by atoms with van der Waals surface area (Å²) in [4.78, 5) is 18.0. The van der Waals surface area contributed by atoms with Gasteiger partial charge in [0.2, 0.25) is 5.91 Å². The fraction of sp³-hybridized carbons (Fsp3) is 0.333. The summed E-state index contributed by atoms with van der Waals surface area (Å²) in [6.45, 7) is 6.24. The van der Waals surface area contributed by atoms with Gasteiger partial charge in [0.25, 0.3) is 0 Å². The third kappa shape index (κ3) is 4.63. The number of nitrogens with two attached hydrogens (primary N) is 1. The average Bonchev–Trinajstić information content (AvgIpc) is 3.02. The molecule has 0 aromatic heterocycles. The number of carbonyl (C=O) groups excluding carboxylic acids is 1. The van der Waals surface area contributed by atoms with Crippen LogP contribution in [-0.4, -0.2) is 23.3 Å².